The third-order valence-electron chi connectivity index (χ3n) is 5.01. The minimum Gasteiger partial charge on any atom is -0.394 e. The first-order valence-corrected chi connectivity index (χ1v) is 11.3. The summed E-state index contributed by atoms with van der Waals surface area (Å²) in [4.78, 5) is 40.8. The van der Waals surface area contributed by atoms with E-state index in [1.807, 2.05) is 0 Å². The molecule has 0 aromatic carbocycles. The van der Waals surface area contributed by atoms with Gasteiger partial charge in [-0.2, -0.15) is 0 Å². The van der Waals surface area contributed by atoms with Gasteiger partial charge in [-0.05, 0) is 0 Å². The summed E-state index contributed by atoms with van der Waals surface area (Å²) in [7, 11) is -4.97. The Morgan fingerprint density at radius 1 is 0.909 bits per heavy atom. The van der Waals surface area contributed by atoms with Crippen LogP contribution in [0.1, 0.15) is 13.8 Å². The van der Waals surface area contributed by atoms with Crippen LogP contribution in [0, 0.1) is 0 Å². The van der Waals surface area contributed by atoms with Crippen molar-refractivity contribution in [2.24, 2.45) is 0 Å². The van der Waals surface area contributed by atoms with Crippen LogP contribution in [0.4, 0.5) is 0 Å². The highest BCUT2D eigenvalue weighted by Gasteiger charge is 2.51. The molecule has 2 aliphatic rings. The number of carbonyl (C=O) groups is 2. The fraction of sp³-hybridized carbons (Fsp3) is 0.875. The van der Waals surface area contributed by atoms with Crippen molar-refractivity contribution in [2.75, 3.05) is 13.2 Å². The molecule has 2 fully saturated rings. The van der Waals surface area contributed by atoms with Gasteiger partial charge in [0.25, 0.3) is 0 Å². The van der Waals surface area contributed by atoms with Crippen molar-refractivity contribution in [2.45, 2.75) is 75.1 Å². The first-order chi connectivity index (χ1) is 15.2. The Kier molecular flexibility index (Phi) is 9.70. The summed E-state index contributed by atoms with van der Waals surface area (Å²) in [6.07, 6.45) is -13.0. The van der Waals surface area contributed by atoms with E-state index in [-0.39, 0.29) is 0 Å². The molecule has 16 nitrogen and oxygen atoms in total. The molecule has 0 saturated carbocycles. The van der Waals surface area contributed by atoms with E-state index in [0.717, 1.165) is 13.8 Å². The summed E-state index contributed by atoms with van der Waals surface area (Å²) in [6.45, 7) is 0.569. The monoisotopic (exact) mass is 504 g/mol. The van der Waals surface area contributed by atoms with Crippen molar-refractivity contribution in [3.63, 3.8) is 0 Å². The van der Waals surface area contributed by atoms with Crippen LogP contribution >= 0.6 is 7.82 Å². The lowest BCUT2D eigenvalue weighted by Crippen LogP contribution is -2.69. The molecule has 10 atom stereocenters. The Hall–Kier alpha value is -1.27. The molecule has 2 amide bonds. The maximum Gasteiger partial charge on any atom is 0.469 e. The molecule has 2 saturated heterocycles. The lowest BCUT2D eigenvalue weighted by atomic mass is 9.94. The number of hydrogen-bond acceptors (Lipinski definition) is 12. The summed E-state index contributed by atoms with van der Waals surface area (Å²) >= 11 is 0. The molecule has 0 bridgehead atoms. The molecule has 2 rings (SSSR count). The molecular weight excluding hydrogens is 475 g/mol. The Morgan fingerprint density at radius 3 is 2.00 bits per heavy atom. The van der Waals surface area contributed by atoms with Gasteiger partial charge in [0.2, 0.25) is 11.8 Å². The van der Waals surface area contributed by atoms with E-state index in [1.54, 1.807) is 0 Å². The van der Waals surface area contributed by atoms with E-state index in [1.165, 1.54) is 0 Å². The number of ether oxygens (including phenoxy) is 3. The van der Waals surface area contributed by atoms with Gasteiger partial charge < -0.3 is 60.2 Å². The Balaban J connectivity index is 2.29. The van der Waals surface area contributed by atoms with E-state index in [0.29, 0.717) is 0 Å². The van der Waals surface area contributed by atoms with Crippen LogP contribution < -0.4 is 10.6 Å². The van der Waals surface area contributed by atoms with Gasteiger partial charge in [-0.3, -0.25) is 14.1 Å². The van der Waals surface area contributed by atoms with E-state index < -0.39 is 94.1 Å². The van der Waals surface area contributed by atoms with Crippen molar-refractivity contribution in [1.82, 2.24) is 10.6 Å². The van der Waals surface area contributed by atoms with Crippen molar-refractivity contribution >= 4 is 19.6 Å². The zero-order valence-electron chi connectivity index (χ0n) is 17.6. The predicted molar refractivity (Wildman–Crippen MR) is 103 cm³/mol. The third kappa shape index (κ3) is 7.35. The van der Waals surface area contributed by atoms with Crippen LogP contribution in [0.15, 0.2) is 0 Å². The fourth-order valence-electron chi connectivity index (χ4n) is 3.54. The van der Waals surface area contributed by atoms with Crippen molar-refractivity contribution in [3.8, 4) is 0 Å². The average Bonchev–Trinajstić information content (AvgIpc) is 2.70. The third-order valence-corrected chi connectivity index (χ3v) is 5.50. The summed E-state index contributed by atoms with van der Waals surface area (Å²) in [5.41, 5.74) is 0. The maximum absolute atomic E-state index is 11.6. The van der Waals surface area contributed by atoms with Crippen molar-refractivity contribution < 1.29 is 68.2 Å². The van der Waals surface area contributed by atoms with Gasteiger partial charge in [0.1, 0.15) is 48.7 Å². The van der Waals surface area contributed by atoms with Gasteiger partial charge >= 0.3 is 7.82 Å². The van der Waals surface area contributed by atoms with Gasteiger partial charge in [-0.15, -0.1) is 0 Å². The SMILES string of the molecule is CC(=O)N[C@H]1[C@H](O[C@H]2[C@H](O)[C@@H](NC(C)=O)C(O)O[C@@H]2CO)O[C@H](COP(=O)(O)O)[C@@H](O)[C@@H]1O. The van der Waals surface area contributed by atoms with Crippen LogP contribution in [0.3, 0.4) is 0 Å². The minimum atomic E-state index is -4.97. The van der Waals surface area contributed by atoms with Gasteiger partial charge in [0.15, 0.2) is 12.6 Å². The standard InChI is InChI=1S/C16H29N2O14P/c1-5(20)17-9-13(24)14(7(3-19)30-15(9)25)32-16-10(18-6(2)21)12(23)11(22)8(31-16)4-29-33(26,27)28/h7-16,19,22-25H,3-4H2,1-2H3,(H,17,20)(H,18,21)(H2,26,27,28)/t7-,8-,9-,10-,11-,12-,13-,14-,15?,16+/m1/s1. The van der Waals surface area contributed by atoms with E-state index in [9.17, 15) is 39.7 Å². The highest BCUT2D eigenvalue weighted by molar-refractivity contribution is 7.46. The van der Waals surface area contributed by atoms with Crippen LogP contribution in [0.5, 0.6) is 0 Å². The average molecular weight is 504 g/mol. The summed E-state index contributed by atoms with van der Waals surface area (Å²) in [6, 6.07) is -2.83. The van der Waals surface area contributed by atoms with Crippen molar-refractivity contribution in [1.29, 1.82) is 0 Å². The number of carbonyl (C=O) groups excluding carboxylic acids is 2. The first kappa shape index (κ1) is 28.0. The molecule has 0 aromatic rings. The number of amides is 2. The largest absolute Gasteiger partial charge is 0.469 e. The van der Waals surface area contributed by atoms with Gasteiger partial charge in [0.05, 0.1) is 13.2 Å². The van der Waals surface area contributed by atoms with E-state index in [2.05, 4.69) is 15.2 Å². The zero-order valence-corrected chi connectivity index (χ0v) is 18.5. The van der Waals surface area contributed by atoms with Crippen LogP contribution in [-0.4, -0.2) is 122 Å². The normalized spacial score (nSPS) is 39.7. The quantitative estimate of drug-likeness (QED) is 0.140. The molecule has 2 aliphatic heterocycles. The molecule has 0 aliphatic carbocycles. The smallest absolute Gasteiger partial charge is 0.394 e. The predicted octanol–water partition coefficient (Wildman–Crippen LogP) is -4.99. The van der Waals surface area contributed by atoms with Crippen LogP contribution in [0.2, 0.25) is 0 Å². The molecular formula is C16H29N2O14P. The Labute approximate surface area is 187 Å². The molecule has 33 heavy (non-hydrogen) atoms. The second kappa shape index (κ2) is 11.4. The highest BCUT2D eigenvalue weighted by Crippen LogP contribution is 2.37. The molecule has 17 heteroatoms. The number of rotatable bonds is 8. The number of aliphatic hydroxyl groups excluding tert-OH is 5. The summed E-state index contributed by atoms with van der Waals surface area (Å²) in [5, 5.41) is 55.6. The molecule has 9 N–H and O–H groups in total. The van der Waals surface area contributed by atoms with Gasteiger partial charge in [-0.1, -0.05) is 0 Å². The molecule has 192 valence electrons. The lowest BCUT2D eigenvalue weighted by Gasteiger charge is -2.47. The second-order valence-corrected chi connectivity index (χ2v) is 8.84. The van der Waals surface area contributed by atoms with E-state index in [4.69, 9.17) is 24.0 Å². The topological polar surface area (TPSA) is 254 Å². The fourth-order valence-corrected chi connectivity index (χ4v) is 3.88. The Bertz CT molecular complexity index is 736. The molecule has 0 spiro atoms. The lowest BCUT2D eigenvalue weighted by molar-refractivity contribution is -0.327. The number of hydrogen-bond donors (Lipinski definition) is 9. The highest BCUT2D eigenvalue weighted by atomic mass is 31.2. The maximum atomic E-state index is 11.6. The van der Waals surface area contributed by atoms with Crippen LogP contribution in [0.25, 0.3) is 0 Å². The van der Waals surface area contributed by atoms with Crippen LogP contribution in [-0.2, 0) is 32.9 Å². The number of phosphoric ester groups is 1. The zero-order chi connectivity index (χ0) is 25.1. The molecule has 0 radical (unpaired) electrons. The molecule has 0 aromatic heterocycles. The van der Waals surface area contributed by atoms with Crippen molar-refractivity contribution in [3.05, 3.63) is 0 Å². The second-order valence-electron chi connectivity index (χ2n) is 7.60. The van der Waals surface area contributed by atoms with E-state index >= 15 is 0 Å². The number of aliphatic hydroxyl groups is 5. The summed E-state index contributed by atoms with van der Waals surface area (Å²) in [5.74, 6) is -1.29. The molecule has 1 unspecified atom stereocenters. The van der Waals surface area contributed by atoms with Gasteiger partial charge in [0, 0.05) is 13.8 Å². The Morgan fingerprint density at radius 2 is 1.48 bits per heavy atom. The number of phosphoric acid groups is 1. The first-order valence-electron chi connectivity index (χ1n) is 9.79. The molecule has 2 heterocycles. The summed E-state index contributed by atoms with van der Waals surface area (Å²) < 4.78 is 31.6. The minimum absolute atomic E-state index is 0.624. The number of nitrogens with one attached hydrogen (secondary N) is 2. The van der Waals surface area contributed by atoms with Gasteiger partial charge in [-0.25, -0.2) is 4.57 Å².